The molecule has 1 rings (SSSR count). The Morgan fingerprint density at radius 3 is 2.59 bits per heavy atom. The van der Waals surface area contributed by atoms with Gasteiger partial charge in [0, 0.05) is 11.6 Å². The zero-order valence-electron chi connectivity index (χ0n) is 10.9. The molecule has 3 heteroatoms. The maximum absolute atomic E-state index is 9.91. The monoisotopic (exact) mass is 237 g/mol. The summed E-state index contributed by atoms with van der Waals surface area (Å²) in [7, 11) is 0. The Morgan fingerprint density at radius 2 is 2.00 bits per heavy atom. The van der Waals surface area contributed by atoms with Gasteiger partial charge in [0.1, 0.15) is 12.4 Å². The fraction of sp³-hybridized carbons (Fsp3) is 0.571. The fourth-order valence-corrected chi connectivity index (χ4v) is 1.47. The van der Waals surface area contributed by atoms with E-state index in [1.54, 1.807) is 6.92 Å². The summed E-state index contributed by atoms with van der Waals surface area (Å²) >= 11 is 0. The maximum atomic E-state index is 9.91. The average molecular weight is 237 g/mol. The number of hydrogen-bond donors (Lipinski definition) is 2. The van der Waals surface area contributed by atoms with Gasteiger partial charge in [-0.3, -0.25) is 0 Å². The average Bonchev–Trinajstić information content (AvgIpc) is 2.36. The van der Waals surface area contributed by atoms with Crippen LogP contribution in [0.1, 0.15) is 45.2 Å². The van der Waals surface area contributed by atoms with Crippen LogP contribution in [0.15, 0.2) is 24.3 Å². The maximum Gasteiger partial charge on any atom is 0.124 e. The molecular formula is C14H23NO2. The molecule has 0 radical (unpaired) electrons. The van der Waals surface area contributed by atoms with Crippen molar-refractivity contribution in [1.29, 1.82) is 0 Å². The van der Waals surface area contributed by atoms with Gasteiger partial charge in [0.25, 0.3) is 0 Å². The molecule has 96 valence electrons. The number of hydrogen-bond acceptors (Lipinski definition) is 3. The molecule has 2 atom stereocenters. The van der Waals surface area contributed by atoms with Crippen molar-refractivity contribution in [2.75, 3.05) is 6.61 Å². The van der Waals surface area contributed by atoms with Crippen molar-refractivity contribution in [3.05, 3.63) is 29.8 Å². The SMILES string of the molecule is CC[C@@H](N)c1ccccc1OCC(C)(O)CC. The normalized spacial score (nSPS) is 16.3. The van der Waals surface area contributed by atoms with Crippen LogP contribution in [-0.2, 0) is 0 Å². The van der Waals surface area contributed by atoms with Crippen LogP contribution in [0.25, 0.3) is 0 Å². The Labute approximate surface area is 104 Å². The molecule has 0 saturated carbocycles. The van der Waals surface area contributed by atoms with Gasteiger partial charge in [0.2, 0.25) is 0 Å². The summed E-state index contributed by atoms with van der Waals surface area (Å²) < 4.78 is 5.69. The smallest absolute Gasteiger partial charge is 0.124 e. The summed E-state index contributed by atoms with van der Waals surface area (Å²) in [5, 5.41) is 9.91. The summed E-state index contributed by atoms with van der Waals surface area (Å²) in [6.45, 7) is 6.04. The van der Waals surface area contributed by atoms with Gasteiger partial charge in [-0.1, -0.05) is 32.0 Å². The zero-order chi connectivity index (χ0) is 12.9. The second-order valence-corrected chi connectivity index (χ2v) is 4.69. The highest BCUT2D eigenvalue weighted by atomic mass is 16.5. The molecule has 1 aromatic rings. The van der Waals surface area contributed by atoms with Crippen molar-refractivity contribution in [3.8, 4) is 5.75 Å². The van der Waals surface area contributed by atoms with E-state index in [1.165, 1.54) is 0 Å². The van der Waals surface area contributed by atoms with Crippen LogP contribution < -0.4 is 10.5 Å². The highest BCUT2D eigenvalue weighted by Gasteiger charge is 2.19. The molecule has 3 nitrogen and oxygen atoms in total. The molecule has 0 spiro atoms. The quantitative estimate of drug-likeness (QED) is 0.799. The molecule has 0 saturated heterocycles. The lowest BCUT2D eigenvalue weighted by Crippen LogP contribution is -2.31. The Balaban J connectivity index is 2.77. The van der Waals surface area contributed by atoms with E-state index in [2.05, 4.69) is 0 Å². The molecule has 0 aromatic heterocycles. The molecule has 17 heavy (non-hydrogen) atoms. The number of ether oxygens (including phenoxy) is 1. The molecule has 0 aliphatic rings. The van der Waals surface area contributed by atoms with Crippen LogP contribution in [0.3, 0.4) is 0 Å². The molecule has 0 heterocycles. The minimum atomic E-state index is -0.788. The molecule has 0 amide bonds. The first kappa shape index (κ1) is 14.0. The molecule has 0 fully saturated rings. The summed E-state index contributed by atoms with van der Waals surface area (Å²) in [6, 6.07) is 7.73. The van der Waals surface area contributed by atoms with E-state index < -0.39 is 5.60 Å². The van der Waals surface area contributed by atoms with Gasteiger partial charge in [0.05, 0.1) is 5.60 Å². The standard InChI is InChI=1S/C14H23NO2/c1-4-12(15)11-8-6-7-9-13(11)17-10-14(3,16)5-2/h6-9,12,16H,4-5,10,15H2,1-3H3/t12-,14?/m1/s1. The number of rotatable bonds is 6. The van der Waals surface area contributed by atoms with Crippen LogP contribution in [0.2, 0.25) is 0 Å². The highest BCUT2D eigenvalue weighted by Crippen LogP contribution is 2.26. The second kappa shape index (κ2) is 6.03. The Morgan fingerprint density at radius 1 is 1.35 bits per heavy atom. The fourth-order valence-electron chi connectivity index (χ4n) is 1.47. The topological polar surface area (TPSA) is 55.5 Å². The van der Waals surface area contributed by atoms with Crippen molar-refractivity contribution < 1.29 is 9.84 Å². The summed E-state index contributed by atoms with van der Waals surface area (Å²) in [6.07, 6.45) is 1.53. The molecule has 0 aliphatic carbocycles. The molecule has 1 unspecified atom stereocenters. The van der Waals surface area contributed by atoms with Crippen LogP contribution >= 0.6 is 0 Å². The van der Waals surface area contributed by atoms with Crippen LogP contribution in [-0.4, -0.2) is 17.3 Å². The van der Waals surface area contributed by atoms with Crippen LogP contribution in [0, 0.1) is 0 Å². The second-order valence-electron chi connectivity index (χ2n) is 4.69. The number of nitrogens with two attached hydrogens (primary N) is 1. The van der Waals surface area contributed by atoms with E-state index in [-0.39, 0.29) is 12.6 Å². The van der Waals surface area contributed by atoms with E-state index >= 15 is 0 Å². The van der Waals surface area contributed by atoms with Crippen molar-refractivity contribution in [2.45, 2.75) is 45.3 Å². The van der Waals surface area contributed by atoms with Gasteiger partial charge < -0.3 is 15.6 Å². The molecule has 0 bridgehead atoms. The first-order valence-corrected chi connectivity index (χ1v) is 6.20. The molecule has 3 N–H and O–H groups in total. The molecular weight excluding hydrogens is 214 g/mol. The van der Waals surface area contributed by atoms with E-state index in [9.17, 15) is 5.11 Å². The van der Waals surface area contributed by atoms with E-state index in [0.717, 1.165) is 17.7 Å². The number of para-hydroxylation sites is 1. The van der Waals surface area contributed by atoms with Gasteiger partial charge in [-0.05, 0) is 25.8 Å². The summed E-state index contributed by atoms with van der Waals surface area (Å²) in [5.74, 6) is 0.774. The Hall–Kier alpha value is -1.06. The Kier molecular flexibility index (Phi) is 4.97. The van der Waals surface area contributed by atoms with Crippen molar-refractivity contribution in [1.82, 2.24) is 0 Å². The lowest BCUT2D eigenvalue weighted by Gasteiger charge is -2.23. The van der Waals surface area contributed by atoms with Gasteiger partial charge in [0.15, 0.2) is 0 Å². The predicted octanol–water partition coefficient (Wildman–Crippen LogP) is 2.64. The first-order valence-electron chi connectivity index (χ1n) is 6.20. The Bertz CT molecular complexity index is 350. The molecule has 1 aromatic carbocycles. The van der Waals surface area contributed by atoms with Gasteiger partial charge in [-0.25, -0.2) is 0 Å². The lowest BCUT2D eigenvalue weighted by atomic mass is 10.0. The lowest BCUT2D eigenvalue weighted by molar-refractivity contribution is 0.00807. The van der Waals surface area contributed by atoms with Gasteiger partial charge in [-0.2, -0.15) is 0 Å². The largest absolute Gasteiger partial charge is 0.490 e. The van der Waals surface area contributed by atoms with Gasteiger partial charge >= 0.3 is 0 Å². The van der Waals surface area contributed by atoms with E-state index in [1.807, 2.05) is 38.1 Å². The van der Waals surface area contributed by atoms with Crippen molar-refractivity contribution >= 4 is 0 Å². The number of benzene rings is 1. The zero-order valence-corrected chi connectivity index (χ0v) is 10.9. The highest BCUT2D eigenvalue weighted by molar-refractivity contribution is 5.35. The molecule has 0 aliphatic heterocycles. The van der Waals surface area contributed by atoms with Crippen LogP contribution in [0.4, 0.5) is 0 Å². The summed E-state index contributed by atoms with van der Waals surface area (Å²) in [5.41, 5.74) is 6.24. The predicted molar refractivity (Wildman–Crippen MR) is 70.1 cm³/mol. The first-order chi connectivity index (χ1) is 8.00. The van der Waals surface area contributed by atoms with Gasteiger partial charge in [-0.15, -0.1) is 0 Å². The van der Waals surface area contributed by atoms with Crippen molar-refractivity contribution in [2.24, 2.45) is 5.73 Å². The minimum absolute atomic E-state index is 0.0159. The van der Waals surface area contributed by atoms with Crippen LogP contribution in [0.5, 0.6) is 5.75 Å². The minimum Gasteiger partial charge on any atom is -0.490 e. The van der Waals surface area contributed by atoms with Crippen molar-refractivity contribution in [3.63, 3.8) is 0 Å². The summed E-state index contributed by atoms with van der Waals surface area (Å²) in [4.78, 5) is 0. The third kappa shape index (κ3) is 4.02. The number of aliphatic hydroxyl groups is 1. The van der Waals surface area contributed by atoms with E-state index in [4.69, 9.17) is 10.5 Å². The van der Waals surface area contributed by atoms with E-state index in [0.29, 0.717) is 6.42 Å². The third-order valence-corrected chi connectivity index (χ3v) is 3.06. The third-order valence-electron chi connectivity index (χ3n) is 3.06.